The van der Waals surface area contributed by atoms with E-state index in [1.54, 1.807) is 12.1 Å². The monoisotopic (exact) mass is 322 g/mol. The van der Waals surface area contributed by atoms with Gasteiger partial charge < -0.3 is 5.32 Å². The van der Waals surface area contributed by atoms with Crippen molar-refractivity contribution >= 4 is 5.91 Å². The van der Waals surface area contributed by atoms with Crippen LogP contribution in [0, 0.1) is 11.7 Å². The van der Waals surface area contributed by atoms with Crippen molar-refractivity contribution in [2.45, 2.75) is 44.8 Å². The van der Waals surface area contributed by atoms with Crippen LogP contribution in [0.2, 0.25) is 0 Å². The molecule has 126 valence electrons. The number of likely N-dealkylation sites (tertiary alicyclic amines) is 1. The molecule has 1 aromatic carbocycles. The first kappa shape index (κ1) is 16.4. The number of alkyl halides is 1. The van der Waals surface area contributed by atoms with Gasteiger partial charge in [-0.15, -0.1) is 0 Å². The molecule has 1 aliphatic heterocycles. The zero-order valence-electron chi connectivity index (χ0n) is 13.6. The van der Waals surface area contributed by atoms with Crippen LogP contribution in [0.5, 0.6) is 0 Å². The average Bonchev–Trinajstić information content (AvgIpc) is 2.99. The van der Waals surface area contributed by atoms with Crippen LogP contribution in [0.15, 0.2) is 18.2 Å². The summed E-state index contributed by atoms with van der Waals surface area (Å²) in [5.41, 5.74) is -0.581. The number of nitrogens with one attached hydrogen (secondary N) is 1. The maximum atomic E-state index is 14.8. The summed E-state index contributed by atoms with van der Waals surface area (Å²) in [6.45, 7) is 4.99. The molecule has 2 fully saturated rings. The number of nitrogens with zero attached hydrogens (tertiary/aromatic N) is 1. The summed E-state index contributed by atoms with van der Waals surface area (Å²) in [6, 6.07) is 4.70. The van der Waals surface area contributed by atoms with Crippen molar-refractivity contribution < 1.29 is 13.6 Å². The third kappa shape index (κ3) is 3.39. The van der Waals surface area contributed by atoms with Crippen molar-refractivity contribution in [1.82, 2.24) is 10.2 Å². The summed E-state index contributed by atoms with van der Waals surface area (Å²) in [4.78, 5) is 13.9. The van der Waals surface area contributed by atoms with Crippen molar-refractivity contribution in [3.05, 3.63) is 35.1 Å². The zero-order chi connectivity index (χ0) is 16.4. The van der Waals surface area contributed by atoms with Gasteiger partial charge in [-0.2, -0.15) is 0 Å². The lowest BCUT2D eigenvalue weighted by Gasteiger charge is -2.40. The highest BCUT2D eigenvalue weighted by Crippen LogP contribution is 2.49. The largest absolute Gasteiger partial charge is 0.356 e. The van der Waals surface area contributed by atoms with Crippen molar-refractivity contribution in [3.63, 3.8) is 0 Å². The molecule has 3 rings (SSSR count). The number of amides is 1. The van der Waals surface area contributed by atoms with E-state index >= 15 is 0 Å². The van der Waals surface area contributed by atoms with Gasteiger partial charge in [-0.3, -0.25) is 9.69 Å². The van der Waals surface area contributed by atoms with E-state index in [-0.39, 0.29) is 30.5 Å². The van der Waals surface area contributed by atoms with Crippen molar-refractivity contribution in [1.29, 1.82) is 0 Å². The molecule has 1 saturated carbocycles. The van der Waals surface area contributed by atoms with Gasteiger partial charge in [0.25, 0.3) is 0 Å². The lowest BCUT2D eigenvalue weighted by molar-refractivity contribution is -0.134. The number of rotatable bonds is 5. The van der Waals surface area contributed by atoms with Crippen LogP contribution in [0.4, 0.5) is 8.78 Å². The molecule has 1 aromatic rings. The van der Waals surface area contributed by atoms with E-state index < -0.39 is 5.67 Å². The fraction of sp³-hybridized carbons (Fsp3) is 0.611. The molecule has 1 N–H and O–H groups in total. The fourth-order valence-corrected chi connectivity index (χ4v) is 3.60. The molecule has 0 unspecified atom stereocenters. The predicted molar refractivity (Wildman–Crippen MR) is 85.1 cm³/mol. The van der Waals surface area contributed by atoms with Crippen LogP contribution < -0.4 is 5.32 Å². The Balaban J connectivity index is 1.65. The standard InChI is InChI=1S/C18H24F2N2O/c1-2-21-17(23)14-10-18(20,11-14)15-6-5-13(16(19)9-15)12-22-7-3-4-8-22/h5-6,9,14H,2-4,7-8,10-12H2,1H3,(H,21,23)/t14-,18+. The van der Waals surface area contributed by atoms with E-state index in [9.17, 15) is 13.6 Å². The summed E-state index contributed by atoms with van der Waals surface area (Å²) in [5, 5.41) is 2.71. The van der Waals surface area contributed by atoms with Gasteiger partial charge in [0.1, 0.15) is 11.5 Å². The molecule has 1 heterocycles. The Morgan fingerprint density at radius 1 is 1.35 bits per heavy atom. The van der Waals surface area contributed by atoms with Crippen molar-refractivity contribution in [2.24, 2.45) is 5.92 Å². The van der Waals surface area contributed by atoms with Gasteiger partial charge in [0.15, 0.2) is 0 Å². The van der Waals surface area contributed by atoms with E-state index in [0.717, 1.165) is 25.9 Å². The summed E-state index contributed by atoms with van der Waals surface area (Å²) < 4.78 is 29.1. The summed E-state index contributed by atoms with van der Waals surface area (Å²) >= 11 is 0. The number of hydrogen-bond acceptors (Lipinski definition) is 2. The fourth-order valence-electron chi connectivity index (χ4n) is 3.60. The van der Waals surface area contributed by atoms with Crippen LogP contribution in [-0.2, 0) is 17.0 Å². The Labute approximate surface area is 136 Å². The number of hydrogen-bond donors (Lipinski definition) is 1. The molecule has 3 nitrogen and oxygen atoms in total. The van der Waals surface area contributed by atoms with Crippen molar-refractivity contribution in [3.8, 4) is 0 Å². The van der Waals surface area contributed by atoms with Gasteiger partial charge in [-0.25, -0.2) is 8.78 Å². The van der Waals surface area contributed by atoms with E-state index in [4.69, 9.17) is 0 Å². The van der Waals surface area contributed by atoms with Crippen LogP contribution in [0.25, 0.3) is 0 Å². The normalized spacial score (nSPS) is 27.7. The van der Waals surface area contributed by atoms with Gasteiger partial charge in [0.2, 0.25) is 5.91 Å². The SMILES string of the molecule is CCNC(=O)[C@H]1C[C@](F)(c2ccc(CN3CCCC3)c(F)c2)C1. The maximum absolute atomic E-state index is 14.8. The second-order valence-electron chi connectivity index (χ2n) is 6.75. The van der Waals surface area contributed by atoms with Gasteiger partial charge in [-0.05, 0) is 57.3 Å². The number of benzene rings is 1. The Hall–Kier alpha value is -1.49. The highest BCUT2D eigenvalue weighted by molar-refractivity contribution is 5.80. The van der Waals surface area contributed by atoms with Crippen LogP contribution in [0.3, 0.4) is 0 Å². The molecule has 0 radical (unpaired) electrons. The van der Waals surface area contributed by atoms with E-state index in [1.165, 1.54) is 6.07 Å². The molecule has 1 saturated heterocycles. The Bertz CT molecular complexity index is 578. The van der Waals surface area contributed by atoms with E-state index in [1.807, 2.05) is 6.92 Å². The molecule has 2 aliphatic rings. The first-order valence-electron chi connectivity index (χ1n) is 8.50. The number of carbonyl (C=O) groups is 1. The lowest BCUT2D eigenvalue weighted by atomic mass is 9.68. The molecule has 0 spiro atoms. The van der Waals surface area contributed by atoms with Crippen LogP contribution >= 0.6 is 0 Å². The number of halogens is 2. The second-order valence-corrected chi connectivity index (χ2v) is 6.75. The van der Waals surface area contributed by atoms with E-state index in [2.05, 4.69) is 10.2 Å². The molecule has 1 amide bonds. The molecule has 5 heteroatoms. The molecule has 23 heavy (non-hydrogen) atoms. The highest BCUT2D eigenvalue weighted by Gasteiger charge is 2.49. The smallest absolute Gasteiger partial charge is 0.223 e. The zero-order valence-corrected chi connectivity index (χ0v) is 13.6. The Morgan fingerprint density at radius 3 is 2.65 bits per heavy atom. The van der Waals surface area contributed by atoms with Gasteiger partial charge in [0.05, 0.1) is 0 Å². The maximum Gasteiger partial charge on any atom is 0.223 e. The molecular weight excluding hydrogens is 298 g/mol. The van der Waals surface area contributed by atoms with E-state index in [0.29, 0.717) is 24.2 Å². The quantitative estimate of drug-likeness (QED) is 0.903. The highest BCUT2D eigenvalue weighted by atomic mass is 19.1. The summed E-state index contributed by atoms with van der Waals surface area (Å²) in [5.74, 6) is -0.743. The minimum Gasteiger partial charge on any atom is -0.356 e. The van der Waals surface area contributed by atoms with Gasteiger partial charge >= 0.3 is 0 Å². The third-order valence-corrected chi connectivity index (χ3v) is 5.02. The summed E-state index contributed by atoms with van der Waals surface area (Å²) in [6.07, 6.45) is 2.61. The Kier molecular flexibility index (Phi) is 4.67. The second kappa shape index (κ2) is 6.56. The minimum atomic E-state index is -1.57. The average molecular weight is 322 g/mol. The van der Waals surface area contributed by atoms with Gasteiger partial charge in [-0.1, -0.05) is 12.1 Å². The molecule has 0 bridgehead atoms. The number of carbonyl (C=O) groups excluding carboxylic acids is 1. The Morgan fingerprint density at radius 2 is 2.04 bits per heavy atom. The lowest BCUT2D eigenvalue weighted by Crippen LogP contribution is -2.45. The first-order valence-corrected chi connectivity index (χ1v) is 8.50. The topological polar surface area (TPSA) is 32.3 Å². The molecular formula is C18H24F2N2O. The van der Waals surface area contributed by atoms with Crippen LogP contribution in [-0.4, -0.2) is 30.4 Å². The minimum absolute atomic E-state index is 0.105. The van der Waals surface area contributed by atoms with Gasteiger partial charge in [0, 0.05) is 24.6 Å². The molecule has 1 aliphatic carbocycles. The molecule has 0 aromatic heterocycles. The predicted octanol–water partition coefficient (Wildman–Crippen LogP) is 3.13. The third-order valence-electron chi connectivity index (χ3n) is 5.02. The van der Waals surface area contributed by atoms with Crippen LogP contribution in [0.1, 0.15) is 43.7 Å². The summed E-state index contributed by atoms with van der Waals surface area (Å²) in [7, 11) is 0. The first-order chi connectivity index (χ1) is 11.0. The van der Waals surface area contributed by atoms with Crippen molar-refractivity contribution in [2.75, 3.05) is 19.6 Å². The molecule has 0 atom stereocenters.